The van der Waals surface area contributed by atoms with Gasteiger partial charge in [0, 0.05) is 41.4 Å². The fourth-order valence-electron chi connectivity index (χ4n) is 4.45. The van der Waals surface area contributed by atoms with Crippen LogP contribution in [-0.2, 0) is 4.79 Å². The van der Waals surface area contributed by atoms with Gasteiger partial charge in [-0.25, -0.2) is 15.0 Å². The molecular weight excluding hydrogens is 466 g/mol. The van der Waals surface area contributed by atoms with Gasteiger partial charge in [-0.2, -0.15) is 5.26 Å². The van der Waals surface area contributed by atoms with Crippen LogP contribution >= 0.6 is 0 Å². The average molecular weight is 494 g/mol. The molecule has 3 heterocycles. The van der Waals surface area contributed by atoms with E-state index in [2.05, 4.69) is 25.9 Å². The van der Waals surface area contributed by atoms with Crippen molar-refractivity contribution in [3.05, 3.63) is 66.5 Å². The number of rotatable bonds is 7. The van der Waals surface area contributed by atoms with E-state index in [1.807, 2.05) is 55.5 Å². The average Bonchev–Trinajstić information content (AvgIpc) is 2.91. The van der Waals surface area contributed by atoms with Crippen LogP contribution in [0, 0.1) is 18.3 Å². The number of carbonyl (C=O) groups excluding carboxylic acids is 1. The number of aryl methyl sites for hydroxylation is 1. The summed E-state index contributed by atoms with van der Waals surface area (Å²) in [6.45, 7) is 3.88. The molecule has 1 aliphatic rings. The molecular formula is C28H27N7O2. The predicted molar refractivity (Wildman–Crippen MR) is 142 cm³/mol. The molecule has 0 radical (unpaired) electrons. The second-order valence-corrected chi connectivity index (χ2v) is 8.91. The normalized spacial score (nSPS) is 15.1. The van der Waals surface area contributed by atoms with Crippen molar-refractivity contribution in [1.82, 2.24) is 20.3 Å². The number of ether oxygens (including phenoxy) is 1. The highest BCUT2D eigenvalue weighted by molar-refractivity contribution is 6.04. The van der Waals surface area contributed by atoms with Gasteiger partial charge in [0.2, 0.25) is 17.7 Å². The van der Waals surface area contributed by atoms with Gasteiger partial charge in [-0.05, 0) is 56.1 Å². The van der Waals surface area contributed by atoms with Crippen LogP contribution in [0.3, 0.4) is 0 Å². The number of nitrogens with one attached hydrogen (secondary N) is 3. The van der Waals surface area contributed by atoms with Gasteiger partial charge in [-0.3, -0.25) is 4.79 Å². The molecule has 0 saturated carbocycles. The van der Waals surface area contributed by atoms with Gasteiger partial charge in [0.25, 0.3) is 0 Å². The van der Waals surface area contributed by atoms with Crippen LogP contribution < -0.4 is 20.7 Å². The summed E-state index contributed by atoms with van der Waals surface area (Å²) in [5, 5.41) is 20.1. The number of carbonyl (C=O) groups is 1. The van der Waals surface area contributed by atoms with E-state index >= 15 is 0 Å². The predicted octanol–water partition coefficient (Wildman–Crippen LogP) is 4.81. The molecule has 0 bridgehead atoms. The molecule has 9 heteroatoms. The Labute approximate surface area is 214 Å². The molecule has 9 nitrogen and oxygen atoms in total. The summed E-state index contributed by atoms with van der Waals surface area (Å²) < 4.78 is 6.44. The smallest absolute Gasteiger partial charge is 0.238 e. The molecule has 186 valence electrons. The van der Waals surface area contributed by atoms with E-state index in [1.165, 1.54) is 0 Å². The maximum atomic E-state index is 12.1. The highest BCUT2D eigenvalue weighted by Gasteiger charge is 2.17. The quantitative estimate of drug-likeness (QED) is 0.335. The molecule has 3 N–H and O–H groups in total. The number of hydrogen-bond donors (Lipinski definition) is 3. The first kappa shape index (κ1) is 24.2. The Balaban J connectivity index is 1.48. The Morgan fingerprint density at radius 2 is 2.05 bits per heavy atom. The van der Waals surface area contributed by atoms with Crippen LogP contribution in [0.5, 0.6) is 11.6 Å². The number of anilines is 2. The summed E-state index contributed by atoms with van der Waals surface area (Å²) in [5.41, 5.74) is 2.98. The second kappa shape index (κ2) is 11.0. The van der Waals surface area contributed by atoms with E-state index in [4.69, 9.17) is 15.0 Å². The minimum absolute atomic E-state index is 0.212. The number of piperidine rings is 1. The van der Waals surface area contributed by atoms with E-state index in [0.29, 0.717) is 29.0 Å². The third-order valence-corrected chi connectivity index (χ3v) is 6.25. The fourth-order valence-corrected chi connectivity index (χ4v) is 4.45. The molecule has 4 aromatic rings. The number of pyridine rings is 1. The highest BCUT2D eigenvalue weighted by atomic mass is 16.5. The summed E-state index contributed by atoms with van der Waals surface area (Å²) in [6.07, 6.45) is 5.39. The molecule has 1 saturated heterocycles. The first-order valence-corrected chi connectivity index (χ1v) is 12.2. The zero-order valence-corrected chi connectivity index (χ0v) is 20.5. The van der Waals surface area contributed by atoms with Crippen LogP contribution in [0.1, 0.15) is 24.8 Å². The van der Waals surface area contributed by atoms with E-state index in [1.54, 1.807) is 18.5 Å². The molecule has 37 heavy (non-hydrogen) atoms. The third kappa shape index (κ3) is 5.50. The molecule has 1 amide bonds. The van der Waals surface area contributed by atoms with E-state index in [9.17, 15) is 4.79 Å². The number of nitriles is 1. The zero-order valence-electron chi connectivity index (χ0n) is 20.5. The number of fused-ring (bicyclic) bond motifs is 1. The molecule has 1 atom stereocenters. The number of nitrogens with zero attached hydrogens (tertiary/aromatic N) is 4. The van der Waals surface area contributed by atoms with Crippen molar-refractivity contribution in [3.63, 3.8) is 0 Å². The first-order chi connectivity index (χ1) is 18.1. The van der Waals surface area contributed by atoms with Crippen LogP contribution in [0.15, 0.2) is 60.9 Å². The molecule has 1 fully saturated rings. The lowest BCUT2D eigenvalue weighted by Crippen LogP contribution is -2.38. The van der Waals surface area contributed by atoms with Gasteiger partial charge in [0.05, 0.1) is 17.3 Å². The number of aromatic nitrogens is 3. The maximum absolute atomic E-state index is 12.1. The van der Waals surface area contributed by atoms with Crippen molar-refractivity contribution in [2.24, 2.45) is 0 Å². The summed E-state index contributed by atoms with van der Waals surface area (Å²) in [4.78, 5) is 25.7. The summed E-state index contributed by atoms with van der Waals surface area (Å²) in [5.74, 6) is 1.26. The molecule has 5 rings (SSSR count). The van der Waals surface area contributed by atoms with Crippen molar-refractivity contribution < 1.29 is 9.53 Å². The lowest BCUT2D eigenvalue weighted by Gasteiger charge is -2.23. The van der Waals surface area contributed by atoms with Crippen molar-refractivity contribution in [1.29, 1.82) is 5.26 Å². The van der Waals surface area contributed by atoms with Crippen molar-refractivity contribution >= 4 is 28.3 Å². The van der Waals surface area contributed by atoms with Gasteiger partial charge in [0.15, 0.2) is 0 Å². The SMILES string of the molecule is Cc1ccc2c(NC(=O)CC#N)cccc2c1Oc1ncccc1-c1ccnc(NC2CCCNC2)n1. The van der Waals surface area contributed by atoms with Crippen molar-refractivity contribution in [2.75, 3.05) is 23.7 Å². The van der Waals surface area contributed by atoms with Gasteiger partial charge in [0.1, 0.15) is 12.2 Å². The molecule has 2 aromatic heterocycles. The van der Waals surface area contributed by atoms with Gasteiger partial charge in [-0.15, -0.1) is 0 Å². The number of benzene rings is 2. The lowest BCUT2D eigenvalue weighted by atomic mass is 10.0. The fraction of sp³-hybridized carbons (Fsp3) is 0.250. The van der Waals surface area contributed by atoms with Crippen LogP contribution in [0.4, 0.5) is 11.6 Å². The molecule has 2 aromatic carbocycles. The summed E-state index contributed by atoms with van der Waals surface area (Å²) in [6, 6.07) is 17.2. The van der Waals surface area contributed by atoms with Gasteiger partial charge < -0.3 is 20.7 Å². The summed E-state index contributed by atoms with van der Waals surface area (Å²) >= 11 is 0. The summed E-state index contributed by atoms with van der Waals surface area (Å²) in [7, 11) is 0. The van der Waals surface area contributed by atoms with E-state index in [0.717, 1.165) is 47.8 Å². The van der Waals surface area contributed by atoms with E-state index < -0.39 is 0 Å². The monoisotopic (exact) mass is 493 g/mol. The first-order valence-electron chi connectivity index (χ1n) is 12.2. The Morgan fingerprint density at radius 3 is 2.89 bits per heavy atom. The molecule has 1 aliphatic heterocycles. The standard InChI is InChI=1S/C28H27N7O2/c1-18-9-10-20-21(6-2-8-23(20)34-25(36)11-13-29)26(18)37-27-22(7-4-15-31-27)24-12-16-32-28(35-24)33-19-5-3-14-30-17-19/h2,4,6-10,12,15-16,19,30H,3,5,11,14,17H2,1H3,(H,34,36)(H,32,33,35). The molecule has 0 spiro atoms. The highest BCUT2D eigenvalue weighted by Crippen LogP contribution is 2.38. The maximum Gasteiger partial charge on any atom is 0.238 e. The van der Waals surface area contributed by atoms with Crippen molar-refractivity contribution in [2.45, 2.75) is 32.2 Å². The Hall–Kier alpha value is -4.55. The minimum Gasteiger partial charge on any atom is -0.437 e. The number of hydrogen-bond acceptors (Lipinski definition) is 8. The van der Waals surface area contributed by atoms with Crippen LogP contribution in [-0.4, -0.2) is 40.0 Å². The van der Waals surface area contributed by atoms with Crippen molar-refractivity contribution in [3.8, 4) is 29.0 Å². The van der Waals surface area contributed by atoms with Gasteiger partial charge in [-0.1, -0.05) is 24.3 Å². The second-order valence-electron chi connectivity index (χ2n) is 8.91. The Kier molecular flexibility index (Phi) is 7.19. The number of amides is 1. The third-order valence-electron chi connectivity index (χ3n) is 6.25. The van der Waals surface area contributed by atoms with E-state index in [-0.39, 0.29) is 18.4 Å². The molecule has 1 unspecified atom stereocenters. The zero-order chi connectivity index (χ0) is 25.6. The Morgan fingerprint density at radius 1 is 1.14 bits per heavy atom. The lowest BCUT2D eigenvalue weighted by molar-refractivity contribution is -0.115. The Bertz CT molecular complexity index is 1480. The minimum atomic E-state index is -0.359. The largest absolute Gasteiger partial charge is 0.437 e. The van der Waals surface area contributed by atoms with Gasteiger partial charge >= 0.3 is 0 Å². The van der Waals surface area contributed by atoms with Crippen LogP contribution in [0.25, 0.3) is 22.0 Å². The topological polar surface area (TPSA) is 125 Å². The molecule has 0 aliphatic carbocycles. The van der Waals surface area contributed by atoms with Crippen LogP contribution in [0.2, 0.25) is 0 Å².